The maximum Gasteiger partial charge on any atom is 0.163 e. The van der Waals surface area contributed by atoms with E-state index in [2.05, 4.69) is 113 Å². The second kappa shape index (κ2) is 9.38. The SMILES string of the molecule is c1ccc(-c2ncnc(-c3ccc(-c4c(-c5ccccc5)c5ccccc5c5ccccc45)cc3)n2)cc1. The molecule has 0 spiro atoms. The summed E-state index contributed by atoms with van der Waals surface area (Å²) < 4.78 is 0. The fourth-order valence-corrected chi connectivity index (χ4v) is 5.29. The van der Waals surface area contributed by atoms with Crippen molar-refractivity contribution in [2.45, 2.75) is 0 Å². The Bertz CT molecular complexity index is 1890. The molecule has 178 valence electrons. The molecule has 0 aliphatic carbocycles. The molecule has 0 bridgehead atoms. The molecule has 0 radical (unpaired) electrons. The molecule has 38 heavy (non-hydrogen) atoms. The minimum Gasteiger partial charge on any atom is -0.217 e. The Labute approximate surface area is 221 Å². The highest BCUT2D eigenvalue weighted by molar-refractivity contribution is 6.21. The van der Waals surface area contributed by atoms with Crippen molar-refractivity contribution < 1.29 is 0 Å². The Morgan fingerprint density at radius 1 is 0.316 bits per heavy atom. The number of hydrogen-bond acceptors (Lipinski definition) is 3. The van der Waals surface area contributed by atoms with Crippen molar-refractivity contribution in [3.63, 3.8) is 0 Å². The number of rotatable bonds is 4. The van der Waals surface area contributed by atoms with Crippen LogP contribution < -0.4 is 0 Å². The summed E-state index contributed by atoms with van der Waals surface area (Å²) in [5, 5.41) is 5.01. The Morgan fingerprint density at radius 2 is 0.684 bits per heavy atom. The van der Waals surface area contributed by atoms with Gasteiger partial charge in [-0.3, -0.25) is 0 Å². The molecule has 1 heterocycles. The minimum atomic E-state index is 0.664. The van der Waals surface area contributed by atoms with E-state index < -0.39 is 0 Å². The number of aromatic nitrogens is 3. The number of benzene rings is 6. The summed E-state index contributed by atoms with van der Waals surface area (Å²) in [5.74, 6) is 1.34. The summed E-state index contributed by atoms with van der Waals surface area (Å²) in [6.07, 6.45) is 1.59. The van der Waals surface area contributed by atoms with Crippen molar-refractivity contribution in [3.8, 4) is 45.0 Å². The first kappa shape index (κ1) is 22.1. The Kier molecular flexibility index (Phi) is 5.45. The zero-order chi connectivity index (χ0) is 25.3. The molecule has 0 unspecified atom stereocenters. The van der Waals surface area contributed by atoms with Gasteiger partial charge in [-0.05, 0) is 43.8 Å². The molecule has 0 N–H and O–H groups in total. The maximum atomic E-state index is 4.75. The number of nitrogens with zero attached hydrogens (tertiary/aromatic N) is 3. The molecule has 0 amide bonds. The fourth-order valence-electron chi connectivity index (χ4n) is 5.29. The standard InChI is InChI=1S/C35H23N3/c1-3-11-24(12-4-1)32-30-17-9-7-15-28(30)29-16-8-10-18-31(29)33(32)25-19-21-27(22-20-25)35-37-23-36-34(38-35)26-13-5-2-6-14-26/h1-23H. The van der Waals surface area contributed by atoms with Gasteiger partial charge in [-0.1, -0.05) is 133 Å². The van der Waals surface area contributed by atoms with E-state index in [-0.39, 0.29) is 0 Å². The normalized spacial score (nSPS) is 11.2. The monoisotopic (exact) mass is 485 g/mol. The van der Waals surface area contributed by atoms with Gasteiger partial charge in [0, 0.05) is 11.1 Å². The molecule has 0 aliphatic rings. The smallest absolute Gasteiger partial charge is 0.163 e. The van der Waals surface area contributed by atoms with Gasteiger partial charge in [0.05, 0.1) is 0 Å². The van der Waals surface area contributed by atoms with Gasteiger partial charge in [0.15, 0.2) is 11.6 Å². The van der Waals surface area contributed by atoms with E-state index in [1.54, 1.807) is 6.33 Å². The minimum absolute atomic E-state index is 0.664. The molecular formula is C35H23N3. The molecule has 7 aromatic rings. The Hall–Kier alpha value is -5.15. The second-order valence-corrected chi connectivity index (χ2v) is 9.28. The molecule has 0 atom stereocenters. The highest BCUT2D eigenvalue weighted by Crippen LogP contribution is 2.44. The van der Waals surface area contributed by atoms with Crippen LogP contribution in [0.15, 0.2) is 140 Å². The van der Waals surface area contributed by atoms with Crippen LogP contribution in [0.25, 0.3) is 66.6 Å². The zero-order valence-electron chi connectivity index (χ0n) is 20.6. The molecule has 0 fully saturated rings. The largest absolute Gasteiger partial charge is 0.217 e. The van der Waals surface area contributed by atoms with Crippen LogP contribution in [0.4, 0.5) is 0 Å². The average molecular weight is 486 g/mol. The molecular weight excluding hydrogens is 462 g/mol. The first-order chi connectivity index (χ1) is 18.9. The maximum absolute atomic E-state index is 4.75. The molecule has 3 nitrogen and oxygen atoms in total. The number of hydrogen-bond donors (Lipinski definition) is 0. The lowest BCUT2D eigenvalue weighted by molar-refractivity contribution is 1.07. The topological polar surface area (TPSA) is 38.7 Å². The van der Waals surface area contributed by atoms with E-state index in [0.29, 0.717) is 11.6 Å². The molecule has 0 aliphatic heterocycles. The van der Waals surface area contributed by atoms with Gasteiger partial charge in [-0.15, -0.1) is 0 Å². The molecule has 1 aromatic heterocycles. The lowest BCUT2D eigenvalue weighted by atomic mass is 9.85. The number of fused-ring (bicyclic) bond motifs is 3. The summed E-state index contributed by atoms with van der Waals surface area (Å²) in [7, 11) is 0. The van der Waals surface area contributed by atoms with Crippen LogP contribution in [0, 0.1) is 0 Å². The highest BCUT2D eigenvalue weighted by atomic mass is 15.0. The second-order valence-electron chi connectivity index (χ2n) is 9.28. The summed E-state index contributed by atoms with van der Waals surface area (Å²) in [4.78, 5) is 13.6. The van der Waals surface area contributed by atoms with Gasteiger partial charge >= 0.3 is 0 Å². The third-order valence-corrected chi connectivity index (χ3v) is 7.03. The van der Waals surface area contributed by atoms with Crippen LogP contribution in [-0.2, 0) is 0 Å². The van der Waals surface area contributed by atoms with Crippen LogP contribution in [-0.4, -0.2) is 15.0 Å². The van der Waals surface area contributed by atoms with Gasteiger partial charge in [-0.25, -0.2) is 15.0 Å². The van der Waals surface area contributed by atoms with Crippen molar-refractivity contribution in [2.24, 2.45) is 0 Å². The molecule has 6 aromatic carbocycles. The third kappa shape index (κ3) is 3.82. The van der Waals surface area contributed by atoms with Gasteiger partial charge in [0.25, 0.3) is 0 Å². The van der Waals surface area contributed by atoms with Crippen LogP contribution in [0.3, 0.4) is 0 Å². The molecule has 3 heteroatoms. The van der Waals surface area contributed by atoms with Crippen LogP contribution in [0.5, 0.6) is 0 Å². The lowest BCUT2D eigenvalue weighted by Crippen LogP contribution is -1.95. The van der Waals surface area contributed by atoms with Gasteiger partial charge < -0.3 is 0 Å². The van der Waals surface area contributed by atoms with E-state index in [9.17, 15) is 0 Å². The lowest BCUT2D eigenvalue weighted by Gasteiger charge is -2.18. The Balaban J connectivity index is 1.42. The van der Waals surface area contributed by atoms with E-state index in [4.69, 9.17) is 4.98 Å². The molecule has 7 rings (SSSR count). The van der Waals surface area contributed by atoms with Crippen LogP contribution in [0.1, 0.15) is 0 Å². The van der Waals surface area contributed by atoms with Crippen molar-refractivity contribution >= 4 is 21.5 Å². The predicted molar refractivity (Wildman–Crippen MR) is 157 cm³/mol. The van der Waals surface area contributed by atoms with Crippen molar-refractivity contribution in [1.29, 1.82) is 0 Å². The molecule has 0 saturated carbocycles. The quantitative estimate of drug-likeness (QED) is 0.234. The van der Waals surface area contributed by atoms with Crippen molar-refractivity contribution in [2.75, 3.05) is 0 Å². The summed E-state index contributed by atoms with van der Waals surface area (Å²) in [5.41, 5.74) is 6.78. The zero-order valence-corrected chi connectivity index (χ0v) is 20.6. The first-order valence-corrected chi connectivity index (χ1v) is 12.7. The summed E-state index contributed by atoms with van der Waals surface area (Å²) in [6, 6.07) is 46.7. The van der Waals surface area contributed by atoms with E-state index in [1.165, 1.54) is 38.2 Å². The van der Waals surface area contributed by atoms with Gasteiger partial charge in [0.2, 0.25) is 0 Å². The first-order valence-electron chi connectivity index (χ1n) is 12.7. The van der Waals surface area contributed by atoms with Gasteiger partial charge in [-0.2, -0.15) is 0 Å². The van der Waals surface area contributed by atoms with Crippen molar-refractivity contribution in [3.05, 3.63) is 140 Å². The van der Waals surface area contributed by atoms with Crippen LogP contribution in [0.2, 0.25) is 0 Å². The average Bonchev–Trinajstić information content (AvgIpc) is 3.01. The summed E-state index contributed by atoms with van der Waals surface area (Å²) >= 11 is 0. The van der Waals surface area contributed by atoms with Crippen molar-refractivity contribution in [1.82, 2.24) is 15.0 Å². The summed E-state index contributed by atoms with van der Waals surface area (Å²) in [6.45, 7) is 0. The van der Waals surface area contributed by atoms with Crippen LogP contribution >= 0.6 is 0 Å². The molecule has 0 saturated heterocycles. The predicted octanol–water partition coefficient (Wildman–Crippen LogP) is 8.85. The fraction of sp³-hybridized carbons (Fsp3) is 0. The van der Waals surface area contributed by atoms with E-state index in [0.717, 1.165) is 16.7 Å². The highest BCUT2D eigenvalue weighted by Gasteiger charge is 2.17. The van der Waals surface area contributed by atoms with E-state index >= 15 is 0 Å². The Morgan fingerprint density at radius 3 is 1.21 bits per heavy atom. The van der Waals surface area contributed by atoms with Gasteiger partial charge in [0.1, 0.15) is 6.33 Å². The van der Waals surface area contributed by atoms with E-state index in [1.807, 2.05) is 30.3 Å². The third-order valence-electron chi connectivity index (χ3n) is 7.03.